The number of benzene rings is 15. The molecule has 0 radical (unpaired) electrons. The van der Waals surface area contributed by atoms with E-state index in [4.69, 9.17) is 15.9 Å². The van der Waals surface area contributed by atoms with Gasteiger partial charge in [-0.2, -0.15) is 0 Å². The van der Waals surface area contributed by atoms with Crippen molar-refractivity contribution in [1.82, 2.24) is 0 Å². The molecule has 0 spiro atoms. The fourth-order valence-corrected chi connectivity index (χ4v) is 28.2. The molecule has 4 unspecified atom stereocenters. The summed E-state index contributed by atoms with van der Waals surface area (Å²) in [5.74, 6) is 0. The molecule has 66 heavy (non-hydrogen) atoms. The standard InChI is InChI=1S/C65H15Br/c1-60-46-36-26-16-11-6-7-9-10-8(6)13-19-17(11)27(26)37-39-29(19)31-21(13)23-15(10)25-24-14(9)22-20-12(7)18(16)28-30(20)40-42-32(22)34(24)44-45-35(25)33(23)43-41(31)51-49(39)61(2,47(37)46)57-56(60)58-62(3,50(40)48(60)38(28)36)52(42)54(44)64(5)55(45)53(43)63(51,4)59(57)65(58,64)66/h1-5H3. The van der Waals surface area contributed by atoms with Gasteiger partial charge in [0.05, 0.1) is 4.32 Å². The van der Waals surface area contributed by atoms with Crippen molar-refractivity contribution in [1.29, 1.82) is 0 Å². The van der Waals surface area contributed by atoms with Gasteiger partial charge in [0.15, 0.2) is 0 Å². The van der Waals surface area contributed by atoms with E-state index in [-0.39, 0.29) is 31.4 Å². The van der Waals surface area contributed by atoms with Gasteiger partial charge in [0.2, 0.25) is 0 Å². The summed E-state index contributed by atoms with van der Waals surface area (Å²) in [6.45, 7) is 14.2. The molecule has 0 fully saturated rings. The van der Waals surface area contributed by atoms with Crippen LogP contribution in [0.25, 0.3) is 215 Å². The summed E-state index contributed by atoms with van der Waals surface area (Å²) in [5.41, 5.74) is 23.6. The molecule has 282 valence electrons. The van der Waals surface area contributed by atoms with Crippen LogP contribution in [0.4, 0.5) is 0 Å². The first-order chi connectivity index (χ1) is 32.2. The van der Waals surface area contributed by atoms with Crippen molar-refractivity contribution >= 4 is 231 Å². The molecule has 11 aliphatic carbocycles. The molecule has 0 saturated carbocycles. The van der Waals surface area contributed by atoms with Gasteiger partial charge in [-0.3, -0.25) is 0 Å². The predicted molar refractivity (Wildman–Crippen MR) is 276 cm³/mol. The summed E-state index contributed by atoms with van der Waals surface area (Å²) in [7, 11) is 0. The first-order valence-electron chi connectivity index (χ1n) is 25.2. The smallest absolute Gasteiger partial charge is 0.0741 e. The van der Waals surface area contributed by atoms with Gasteiger partial charge in [-0.05, 0) is 328 Å². The minimum Gasteiger partial charge on any atom is -0.0741 e. The van der Waals surface area contributed by atoms with Crippen LogP contribution >= 0.6 is 15.9 Å². The lowest BCUT2D eigenvalue weighted by atomic mass is 9.43. The molecule has 11 aliphatic rings. The van der Waals surface area contributed by atoms with Crippen LogP contribution in [-0.4, -0.2) is 4.32 Å². The molecule has 0 aliphatic heterocycles. The van der Waals surface area contributed by atoms with Crippen LogP contribution in [0.15, 0.2) is 22.3 Å². The minimum absolute atomic E-state index is 0.225. The van der Waals surface area contributed by atoms with Gasteiger partial charge in [-0.25, -0.2) is 0 Å². The number of alkyl halides is 1. The van der Waals surface area contributed by atoms with E-state index in [1.807, 2.05) is 0 Å². The molecule has 4 atom stereocenters. The molecule has 0 bridgehead atoms. The van der Waals surface area contributed by atoms with Crippen LogP contribution in [0, 0.1) is 0 Å². The zero-order valence-corrected chi connectivity index (χ0v) is 37.0. The molecular weight excluding hydrogens is 861 g/mol. The largest absolute Gasteiger partial charge is 0.0845 e. The molecule has 1 heteroatoms. The molecule has 0 saturated heterocycles. The molecule has 0 nitrogen and oxygen atoms in total. The third-order valence-corrected chi connectivity index (χ3v) is 28.2. The van der Waals surface area contributed by atoms with Crippen LogP contribution in [0.1, 0.15) is 90.3 Å². The fraction of sp³-hybridized carbons (Fsp3) is 0.169. The lowest BCUT2D eigenvalue weighted by Gasteiger charge is -2.62. The van der Waals surface area contributed by atoms with E-state index < -0.39 is 0 Å². The highest BCUT2D eigenvalue weighted by molar-refractivity contribution is 9.10. The second kappa shape index (κ2) is 5.27. The van der Waals surface area contributed by atoms with Crippen LogP contribution in [0.2, 0.25) is 0 Å². The zero-order valence-electron chi connectivity index (χ0n) is 35.4. The molecule has 21 aromatic carbocycles. The normalized spacial score (nSPS) is 33.5. The van der Waals surface area contributed by atoms with E-state index in [0.29, 0.717) is 0 Å². The molecule has 0 heterocycles. The van der Waals surface area contributed by atoms with Gasteiger partial charge in [-0.1, -0.05) is 15.9 Å². The van der Waals surface area contributed by atoms with Gasteiger partial charge in [0.1, 0.15) is 0 Å². The van der Waals surface area contributed by atoms with Crippen molar-refractivity contribution in [2.24, 2.45) is 0 Å². The average molecular weight is 876 g/mol. The highest BCUT2D eigenvalue weighted by Gasteiger charge is 2.82. The third-order valence-electron chi connectivity index (χ3n) is 26.6. The maximum atomic E-state index is 5.36. The summed E-state index contributed by atoms with van der Waals surface area (Å²) in [4.78, 5) is 0. The second-order valence-electron chi connectivity index (χ2n) is 26.5. The van der Waals surface area contributed by atoms with Crippen molar-refractivity contribution in [3.8, 4) is 0 Å². The Hall–Kier alpha value is -6.54. The van der Waals surface area contributed by atoms with Gasteiger partial charge < -0.3 is 0 Å². The van der Waals surface area contributed by atoms with E-state index in [1.165, 1.54) is 0 Å². The van der Waals surface area contributed by atoms with E-state index in [2.05, 4.69) is 34.6 Å². The van der Waals surface area contributed by atoms with E-state index >= 15 is 0 Å². The van der Waals surface area contributed by atoms with Gasteiger partial charge in [0, 0.05) is 27.1 Å². The molecular formula is C65H15Br. The Balaban J connectivity index is 1.25. The average Bonchev–Trinajstić information content (AvgIpc) is 4.17. The molecule has 0 amide bonds. The maximum absolute atomic E-state index is 5.36. The van der Waals surface area contributed by atoms with Gasteiger partial charge in [0.25, 0.3) is 0 Å². The Kier molecular flexibility index (Phi) is 2.03. The first kappa shape index (κ1) is 25.4. The predicted octanol–water partition coefficient (Wildman–Crippen LogP) is 16.5. The number of rotatable bonds is 0. The Bertz CT molecular complexity index is 6320. The van der Waals surface area contributed by atoms with Crippen molar-refractivity contribution in [2.45, 2.75) is 66.0 Å². The number of hydrogen-bond donors (Lipinski definition) is 0. The molecule has 32 rings (SSSR count). The Morgan fingerprint density at radius 1 is 0.197 bits per heavy atom. The van der Waals surface area contributed by atoms with Crippen molar-refractivity contribution in [2.75, 3.05) is 0 Å². The van der Waals surface area contributed by atoms with Gasteiger partial charge in [-0.15, -0.1) is 0 Å². The quantitative estimate of drug-likeness (QED) is 0.105. The maximum Gasteiger partial charge on any atom is 0.0845 e. The number of hydrogen-bond acceptors (Lipinski definition) is 0. The van der Waals surface area contributed by atoms with Crippen molar-refractivity contribution in [3.63, 3.8) is 0 Å². The molecule has 21 aromatic rings. The first-order valence-corrected chi connectivity index (χ1v) is 26.0. The topological polar surface area (TPSA) is 0 Å². The number of halogens is 1. The Labute approximate surface area is 373 Å². The minimum atomic E-state index is -0.351. The molecule has 0 aromatic heterocycles. The SMILES string of the molecule is CC12C3=C4C5(C)c6c1c1c7c2c2c8c9c%10c%11c%12c%13c%14c%15c%16c%17c(c5c5c6c6c1c1c%18c7c8c7c8c9c%12c9c%12c%13c%16c%13c%16c%17c5c5c6c1c1c(c%187)c(c89)c(c%12%13)c1c5%16)C%15(C)C4(Br)C(=C3C2%10C)C%11%14C. The zero-order chi connectivity index (χ0) is 40.2. The Morgan fingerprint density at radius 3 is 0.561 bits per heavy atom. The van der Waals surface area contributed by atoms with Crippen LogP contribution < -0.4 is 0 Å². The number of allylic oxidation sites excluding steroid dienone is 4. The van der Waals surface area contributed by atoms with Crippen molar-refractivity contribution < 1.29 is 0 Å². The summed E-state index contributed by atoms with van der Waals surface area (Å²) < 4.78 is -0.351. The fourth-order valence-electron chi connectivity index (χ4n) is 26.6. The van der Waals surface area contributed by atoms with E-state index in [1.54, 1.807) is 293 Å². The van der Waals surface area contributed by atoms with Gasteiger partial charge >= 0.3 is 0 Å². The highest BCUT2D eigenvalue weighted by atomic mass is 79.9. The van der Waals surface area contributed by atoms with Crippen molar-refractivity contribution in [3.05, 3.63) is 77.9 Å². The van der Waals surface area contributed by atoms with Crippen LogP contribution in [0.3, 0.4) is 0 Å². The summed E-state index contributed by atoms with van der Waals surface area (Å²) in [6.07, 6.45) is 0. The third kappa shape index (κ3) is 1.20. The molecule has 0 N–H and O–H groups in total. The lowest BCUT2D eigenvalue weighted by molar-refractivity contribution is 0.369. The lowest BCUT2D eigenvalue weighted by Crippen LogP contribution is -2.62. The Morgan fingerprint density at radius 2 is 0.348 bits per heavy atom. The monoisotopic (exact) mass is 874 g/mol. The highest BCUT2D eigenvalue weighted by Crippen LogP contribution is 2.92. The second-order valence-corrected chi connectivity index (χ2v) is 27.7. The summed E-state index contributed by atoms with van der Waals surface area (Å²) in [5, 5.41) is 67.5. The summed E-state index contributed by atoms with van der Waals surface area (Å²) in [6, 6.07) is 0. The van der Waals surface area contributed by atoms with Crippen LogP contribution in [-0.2, 0) is 27.1 Å². The van der Waals surface area contributed by atoms with E-state index in [9.17, 15) is 0 Å². The van der Waals surface area contributed by atoms with Crippen LogP contribution in [0.5, 0.6) is 0 Å². The van der Waals surface area contributed by atoms with E-state index in [0.717, 1.165) is 0 Å². The summed E-state index contributed by atoms with van der Waals surface area (Å²) >= 11 is 5.36.